The number of thioether (sulfide) groups is 1. The van der Waals surface area contributed by atoms with Gasteiger partial charge in [-0.1, -0.05) is 23.9 Å². The topological polar surface area (TPSA) is 84.0 Å². The molecule has 1 heterocycles. The van der Waals surface area contributed by atoms with Crippen LogP contribution in [0.2, 0.25) is 0 Å². The molecule has 6 nitrogen and oxygen atoms in total. The lowest BCUT2D eigenvalue weighted by Crippen LogP contribution is -2.24. The van der Waals surface area contributed by atoms with Gasteiger partial charge in [0.2, 0.25) is 11.8 Å². The lowest BCUT2D eigenvalue weighted by molar-refractivity contribution is -0.118. The smallest absolute Gasteiger partial charge is 0.230 e. The zero-order valence-corrected chi connectivity index (χ0v) is 13.2. The number of carbonyl (C=O) groups excluding carboxylic acids is 2. The van der Waals surface area contributed by atoms with Gasteiger partial charge in [0, 0.05) is 13.5 Å². The van der Waals surface area contributed by atoms with E-state index in [-0.39, 0.29) is 23.4 Å². The summed E-state index contributed by atoms with van der Waals surface area (Å²) in [5, 5.41) is 13.6. The minimum Gasteiger partial charge on any atom is -0.351 e. The molecule has 0 fully saturated rings. The number of benzene rings is 1. The Morgan fingerprint density at radius 2 is 1.87 bits per heavy atom. The quantitative estimate of drug-likeness (QED) is 0.789. The highest BCUT2D eigenvalue weighted by atomic mass is 32.2. The fraction of sp³-hybridized carbons (Fsp3) is 0.200. The first-order valence-corrected chi connectivity index (χ1v) is 7.77. The molecule has 0 bridgehead atoms. The van der Waals surface area contributed by atoms with Crippen LogP contribution in [0.3, 0.4) is 0 Å². The van der Waals surface area contributed by atoms with Crippen LogP contribution >= 0.6 is 11.8 Å². The van der Waals surface area contributed by atoms with E-state index in [1.165, 1.54) is 30.8 Å². The number of hydrogen-bond donors (Lipinski definition) is 2. The Hall–Kier alpha value is -2.48. The Balaban J connectivity index is 1.75. The molecular formula is C15H15FN4O2S. The van der Waals surface area contributed by atoms with E-state index >= 15 is 0 Å². The van der Waals surface area contributed by atoms with Crippen LogP contribution in [0.15, 0.2) is 41.4 Å². The van der Waals surface area contributed by atoms with Crippen LogP contribution in [0.25, 0.3) is 0 Å². The van der Waals surface area contributed by atoms with Gasteiger partial charge in [-0.25, -0.2) is 4.39 Å². The molecule has 0 aliphatic heterocycles. The van der Waals surface area contributed by atoms with E-state index in [4.69, 9.17) is 0 Å². The fourth-order valence-electron chi connectivity index (χ4n) is 1.64. The van der Waals surface area contributed by atoms with Gasteiger partial charge in [-0.05, 0) is 29.8 Å². The Labute approximate surface area is 136 Å². The van der Waals surface area contributed by atoms with Crippen molar-refractivity contribution >= 4 is 29.4 Å². The maximum absolute atomic E-state index is 12.8. The third-order valence-electron chi connectivity index (χ3n) is 2.70. The normalized spacial score (nSPS) is 10.2. The zero-order valence-electron chi connectivity index (χ0n) is 12.4. The molecule has 0 unspecified atom stereocenters. The first-order valence-electron chi connectivity index (χ1n) is 6.78. The molecule has 2 aromatic rings. The van der Waals surface area contributed by atoms with Gasteiger partial charge in [0.05, 0.1) is 5.75 Å². The van der Waals surface area contributed by atoms with Crippen LogP contribution in [0.4, 0.5) is 10.2 Å². The number of carbonyl (C=O) groups is 2. The molecule has 8 heteroatoms. The minimum atomic E-state index is -0.308. The zero-order chi connectivity index (χ0) is 16.7. The highest BCUT2D eigenvalue weighted by molar-refractivity contribution is 7.99. The molecule has 2 rings (SSSR count). The van der Waals surface area contributed by atoms with Crippen LogP contribution < -0.4 is 10.6 Å². The average Bonchev–Trinajstić information content (AvgIpc) is 2.53. The number of nitrogens with one attached hydrogen (secondary N) is 2. The summed E-state index contributed by atoms with van der Waals surface area (Å²) in [6.07, 6.45) is 0. The third kappa shape index (κ3) is 6.03. The van der Waals surface area contributed by atoms with Crippen molar-refractivity contribution in [1.29, 1.82) is 0 Å². The first kappa shape index (κ1) is 16.9. The van der Waals surface area contributed by atoms with Crippen LogP contribution in [-0.2, 0) is 16.1 Å². The Bertz CT molecular complexity index is 677. The van der Waals surface area contributed by atoms with Crippen molar-refractivity contribution in [2.24, 2.45) is 0 Å². The molecule has 0 saturated carbocycles. The van der Waals surface area contributed by atoms with Gasteiger partial charge in [0.15, 0.2) is 5.82 Å². The van der Waals surface area contributed by atoms with Gasteiger partial charge in [0.25, 0.3) is 0 Å². The largest absolute Gasteiger partial charge is 0.351 e. The van der Waals surface area contributed by atoms with Gasteiger partial charge >= 0.3 is 0 Å². The van der Waals surface area contributed by atoms with Crippen molar-refractivity contribution in [3.8, 4) is 0 Å². The maximum Gasteiger partial charge on any atom is 0.230 e. The molecule has 0 aliphatic carbocycles. The summed E-state index contributed by atoms with van der Waals surface area (Å²) in [6.45, 7) is 1.72. The number of anilines is 1. The van der Waals surface area contributed by atoms with E-state index in [9.17, 15) is 14.0 Å². The summed E-state index contributed by atoms with van der Waals surface area (Å²) in [5.74, 6) is -0.138. The summed E-state index contributed by atoms with van der Waals surface area (Å²) in [5.41, 5.74) is 0.823. The summed E-state index contributed by atoms with van der Waals surface area (Å²) < 4.78 is 12.8. The van der Waals surface area contributed by atoms with Crippen molar-refractivity contribution < 1.29 is 14.0 Å². The maximum atomic E-state index is 12.8. The first-order chi connectivity index (χ1) is 11.0. The van der Waals surface area contributed by atoms with Crippen LogP contribution in [0.5, 0.6) is 0 Å². The molecule has 1 aromatic heterocycles. The molecule has 0 aliphatic rings. The molecule has 23 heavy (non-hydrogen) atoms. The number of aromatic nitrogens is 2. The Morgan fingerprint density at radius 1 is 1.13 bits per heavy atom. The van der Waals surface area contributed by atoms with Crippen molar-refractivity contribution in [2.75, 3.05) is 11.1 Å². The van der Waals surface area contributed by atoms with Crippen molar-refractivity contribution in [2.45, 2.75) is 18.5 Å². The van der Waals surface area contributed by atoms with Crippen molar-refractivity contribution in [1.82, 2.24) is 15.5 Å². The molecule has 0 spiro atoms. The molecule has 1 aromatic carbocycles. The fourth-order valence-corrected chi connectivity index (χ4v) is 2.28. The lowest BCUT2D eigenvalue weighted by atomic mass is 10.2. The number of halogens is 1. The SMILES string of the molecule is CC(=O)Nc1ccc(SCC(=O)NCc2ccc(F)cc2)nn1. The van der Waals surface area contributed by atoms with Crippen molar-refractivity contribution in [3.05, 3.63) is 47.8 Å². The van der Waals surface area contributed by atoms with Crippen LogP contribution in [-0.4, -0.2) is 27.8 Å². The Kier molecular flexibility index (Phi) is 6.04. The van der Waals surface area contributed by atoms with E-state index in [1.54, 1.807) is 24.3 Å². The molecule has 0 radical (unpaired) electrons. The van der Waals surface area contributed by atoms with Crippen LogP contribution in [0, 0.1) is 5.82 Å². The summed E-state index contributed by atoms with van der Waals surface area (Å²) in [4.78, 5) is 22.6. The second kappa shape index (κ2) is 8.23. The van der Waals surface area contributed by atoms with Gasteiger partial charge in [-0.15, -0.1) is 10.2 Å². The van der Waals surface area contributed by atoms with Crippen LogP contribution in [0.1, 0.15) is 12.5 Å². The standard InChI is InChI=1S/C15H15FN4O2S/c1-10(21)18-13-6-7-15(20-19-13)23-9-14(22)17-8-11-2-4-12(16)5-3-11/h2-7H,8-9H2,1H3,(H,17,22)(H,18,19,21). The third-order valence-corrected chi connectivity index (χ3v) is 3.62. The van der Waals surface area contributed by atoms with Gasteiger partial charge in [0.1, 0.15) is 10.8 Å². The highest BCUT2D eigenvalue weighted by Crippen LogP contribution is 2.15. The number of rotatable bonds is 6. The monoisotopic (exact) mass is 334 g/mol. The summed E-state index contributed by atoms with van der Waals surface area (Å²) in [6, 6.07) is 9.23. The predicted octanol–water partition coefficient (Wildman–Crippen LogP) is 1.98. The Morgan fingerprint density at radius 3 is 2.48 bits per heavy atom. The highest BCUT2D eigenvalue weighted by Gasteiger charge is 2.05. The van der Waals surface area contributed by atoms with E-state index in [0.717, 1.165) is 5.56 Å². The number of amides is 2. The van der Waals surface area contributed by atoms with Crippen molar-refractivity contribution in [3.63, 3.8) is 0 Å². The molecule has 0 atom stereocenters. The molecule has 120 valence electrons. The van der Waals surface area contributed by atoms with Gasteiger partial charge in [-0.2, -0.15) is 0 Å². The van der Waals surface area contributed by atoms with Gasteiger partial charge in [-0.3, -0.25) is 9.59 Å². The average molecular weight is 334 g/mol. The number of hydrogen-bond acceptors (Lipinski definition) is 5. The molecule has 0 saturated heterocycles. The summed E-state index contributed by atoms with van der Waals surface area (Å²) >= 11 is 1.24. The van der Waals surface area contributed by atoms with E-state index < -0.39 is 0 Å². The summed E-state index contributed by atoms with van der Waals surface area (Å²) in [7, 11) is 0. The van der Waals surface area contributed by atoms with E-state index in [0.29, 0.717) is 17.4 Å². The predicted molar refractivity (Wildman–Crippen MR) is 85.3 cm³/mol. The van der Waals surface area contributed by atoms with Gasteiger partial charge < -0.3 is 10.6 Å². The molecular weight excluding hydrogens is 319 g/mol. The van der Waals surface area contributed by atoms with E-state index in [1.807, 2.05) is 0 Å². The minimum absolute atomic E-state index is 0.160. The lowest BCUT2D eigenvalue weighted by Gasteiger charge is -2.05. The molecule has 2 amide bonds. The number of nitrogens with zero attached hydrogens (tertiary/aromatic N) is 2. The molecule has 2 N–H and O–H groups in total. The van der Waals surface area contributed by atoms with E-state index in [2.05, 4.69) is 20.8 Å². The second-order valence-corrected chi connectivity index (χ2v) is 5.63. The second-order valence-electron chi connectivity index (χ2n) is 4.63.